The number of ether oxygens (including phenoxy) is 7. The first-order valence-electron chi connectivity index (χ1n) is 37.1. The first kappa shape index (κ1) is 87.7. The van der Waals surface area contributed by atoms with Gasteiger partial charge in [-0.2, -0.15) is 0 Å². The number of rotatable bonds is 57. The molecule has 24 nitrogen and oxygen atoms in total. The summed E-state index contributed by atoms with van der Waals surface area (Å²) < 4.78 is 64.9. The van der Waals surface area contributed by atoms with Crippen molar-refractivity contribution in [3.8, 4) is 0 Å². The van der Waals surface area contributed by atoms with Crippen LogP contribution in [0.3, 0.4) is 0 Å². The van der Waals surface area contributed by atoms with E-state index in [1.165, 1.54) is 103 Å². The van der Waals surface area contributed by atoms with Gasteiger partial charge in [0, 0.05) is 19.3 Å². The zero-order valence-electron chi connectivity index (χ0n) is 58.4. The normalized spacial score (nSPS) is 28.1. The van der Waals surface area contributed by atoms with Crippen LogP contribution in [-0.2, 0) is 61.2 Å². The number of unbranched alkanes of at least 4 members (excludes halogenated alkanes) is 32. The molecule has 1 saturated carbocycles. The highest BCUT2D eigenvalue weighted by Gasteiger charge is 2.58. The minimum absolute atomic E-state index is 0.0231. The summed E-state index contributed by atoms with van der Waals surface area (Å²) in [6.07, 6.45) is 12.5. The van der Waals surface area contributed by atoms with Crippen LogP contribution in [0.2, 0.25) is 0 Å². The van der Waals surface area contributed by atoms with Gasteiger partial charge in [-0.1, -0.05) is 212 Å². The van der Waals surface area contributed by atoms with Crippen molar-refractivity contribution in [2.75, 3.05) is 26.4 Å². The number of carbonyl (C=O) groups is 3. The van der Waals surface area contributed by atoms with Gasteiger partial charge in [-0.25, -0.2) is 4.57 Å². The Kier molecular flexibility index (Phi) is 48.7. The maximum Gasteiger partial charge on any atom is 0.472 e. The van der Waals surface area contributed by atoms with E-state index in [0.29, 0.717) is 19.3 Å². The molecule has 0 amide bonds. The largest absolute Gasteiger partial charge is 0.472 e. The van der Waals surface area contributed by atoms with Gasteiger partial charge >= 0.3 is 25.7 Å². The van der Waals surface area contributed by atoms with Gasteiger partial charge in [-0.05, 0) is 70.6 Å². The Balaban J connectivity index is 1.74. The molecule has 0 spiro atoms. The van der Waals surface area contributed by atoms with Crippen molar-refractivity contribution in [2.24, 2.45) is 0 Å². The molecule has 562 valence electrons. The predicted molar refractivity (Wildman–Crippen MR) is 361 cm³/mol. The lowest BCUT2D eigenvalue weighted by Crippen LogP contribution is -2.69. The number of aliphatic hydroxyl groups excluding tert-OH is 10. The van der Waals surface area contributed by atoms with Crippen LogP contribution in [0.4, 0.5) is 0 Å². The number of phosphoric acid groups is 1. The lowest BCUT2D eigenvalue weighted by molar-refractivity contribution is -0.360. The number of allylic oxidation sites excluding steroid dienone is 4. The molecule has 25 heteroatoms. The molecule has 18 atom stereocenters. The van der Waals surface area contributed by atoms with Crippen molar-refractivity contribution < 1.29 is 117 Å². The average Bonchev–Trinajstić information content (AvgIpc) is 1.08. The van der Waals surface area contributed by atoms with E-state index in [9.17, 15) is 74.9 Å². The Hall–Kier alpha value is -2.56. The third kappa shape index (κ3) is 36.4. The highest BCUT2D eigenvalue weighted by Crippen LogP contribution is 2.49. The number of hydrogen-bond acceptors (Lipinski definition) is 23. The van der Waals surface area contributed by atoms with Gasteiger partial charge in [0.25, 0.3) is 0 Å². The van der Waals surface area contributed by atoms with E-state index in [0.717, 1.165) is 116 Å². The Morgan fingerprint density at radius 2 is 0.729 bits per heavy atom. The quantitative estimate of drug-likeness (QED) is 0.00886. The predicted octanol–water partition coefficient (Wildman–Crippen LogP) is 9.74. The maximum absolute atomic E-state index is 14.3. The van der Waals surface area contributed by atoms with Crippen molar-refractivity contribution in [3.63, 3.8) is 0 Å². The molecule has 18 unspecified atom stereocenters. The van der Waals surface area contributed by atoms with E-state index in [1.807, 2.05) is 0 Å². The summed E-state index contributed by atoms with van der Waals surface area (Å²) in [4.78, 5) is 50.9. The zero-order chi connectivity index (χ0) is 70.4. The molecular formula is C71H129O24P. The summed E-state index contributed by atoms with van der Waals surface area (Å²) in [7, 11) is -5.70. The molecule has 0 bridgehead atoms. The second-order valence-electron chi connectivity index (χ2n) is 26.7. The molecule has 1 aliphatic carbocycles. The first-order chi connectivity index (χ1) is 46.3. The Morgan fingerprint density at radius 3 is 1.15 bits per heavy atom. The molecular weight excluding hydrogens is 1270 g/mol. The topological polar surface area (TPSA) is 374 Å². The Labute approximate surface area is 573 Å². The number of carbonyl (C=O) groups excluding carboxylic acids is 3. The van der Waals surface area contributed by atoms with E-state index in [2.05, 4.69) is 45.1 Å². The van der Waals surface area contributed by atoms with Gasteiger partial charge in [0.15, 0.2) is 18.7 Å². The van der Waals surface area contributed by atoms with E-state index < -0.39 is 156 Å². The van der Waals surface area contributed by atoms with Crippen LogP contribution in [0.5, 0.6) is 0 Å². The maximum atomic E-state index is 14.3. The van der Waals surface area contributed by atoms with Crippen LogP contribution in [0.1, 0.15) is 278 Å². The van der Waals surface area contributed by atoms with Crippen molar-refractivity contribution in [3.05, 3.63) is 24.3 Å². The Morgan fingerprint density at radius 1 is 0.396 bits per heavy atom. The molecule has 0 aromatic heterocycles. The SMILES string of the molecule is CCCCCC/C=C\CCCCCCCCCC(=O)OCC1OC(OC2C(O)C(O)C(O)C(OC3OC(CO)C(O)C(O)C3O)C2OP(=O)(O)OCC(COC(=O)CCCCC/C=C\CCCCCCCC)OC(=O)CCCCCCCCCCCCCCC)C(O)C(O)C1O. The molecule has 3 fully saturated rings. The third-order valence-electron chi connectivity index (χ3n) is 18.2. The van der Waals surface area contributed by atoms with E-state index in [-0.39, 0.29) is 19.3 Å². The fourth-order valence-electron chi connectivity index (χ4n) is 12.1. The minimum Gasteiger partial charge on any atom is -0.463 e. The lowest BCUT2D eigenvalue weighted by Gasteiger charge is -2.49. The fourth-order valence-corrected chi connectivity index (χ4v) is 13.1. The van der Waals surface area contributed by atoms with Gasteiger partial charge in [-0.3, -0.25) is 23.4 Å². The monoisotopic (exact) mass is 1400 g/mol. The summed E-state index contributed by atoms with van der Waals surface area (Å²) >= 11 is 0. The number of hydrogen-bond donors (Lipinski definition) is 11. The molecule has 3 rings (SSSR count). The lowest BCUT2D eigenvalue weighted by atomic mass is 9.84. The molecule has 2 aliphatic heterocycles. The van der Waals surface area contributed by atoms with E-state index in [1.54, 1.807) is 0 Å². The van der Waals surface area contributed by atoms with Crippen LogP contribution in [-0.4, -0.2) is 204 Å². The van der Waals surface area contributed by atoms with Gasteiger partial charge in [-0.15, -0.1) is 0 Å². The highest BCUT2D eigenvalue weighted by molar-refractivity contribution is 7.47. The van der Waals surface area contributed by atoms with Gasteiger partial charge in [0.1, 0.15) is 98.7 Å². The molecule has 0 radical (unpaired) electrons. The molecule has 0 aromatic rings. The second kappa shape index (κ2) is 53.3. The van der Waals surface area contributed by atoms with Gasteiger partial charge < -0.3 is 89.1 Å². The number of phosphoric ester groups is 1. The van der Waals surface area contributed by atoms with Crippen LogP contribution < -0.4 is 0 Å². The highest BCUT2D eigenvalue weighted by atomic mass is 31.2. The molecule has 3 aliphatic rings. The summed E-state index contributed by atoms with van der Waals surface area (Å²) in [5, 5.41) is 110. The third-order valence-corrected chi connectivity index (χ3v) is 19.2. The fraction of sp³-hybridized carbons (Fsp3) is 0.901. The van der Waals surface area contributed by atoms with Crippen molar-refractivity contribution in [2.45, 2.75) is 382 Å². The van der Waals surface area contributed by atoms with E-state index >= 15 is 0 Å². The summed E-state index contributed by atoms with van der Waals surface area (Å²) in [5.41, 5.74) is 0. The van der Waals surface area contributed by atoms with Crippen molar-refractivity contribution >= 4 is 25.7 Å². The second-order valence-corrected chi connectivity index (χ2v) is 28.1. The summed E-state index contributed by atoms with van der Waals surface area (Å²) in [6, 6.07) is 0. The number of esters is 3. The van der Waals surface area contributed by atoms with Crippen LogP contribution in [0.25, 0.3) is 0 Å². The summed E-state index contributed by atoms with van der Waals surface area (Å²) in [6.45, 7) is 3.40. The van der Waals surface area contributed by atoms with Crippen LogP contribution >= 0.6 is 7.82 Å². The van der Waals surface area contributed by atoms with E-state index in [4.69, 9.17) is 42.2 Å². The van der Waals surface area contributed by atoms with Gasteiger partial charge in [0.2, 0.25) is 0 Å². The number of aliphatic hydroxyl groups is 10. The average molecular weight is 1400 g/mol. The first-order valence-corrected chi connectivity index (χ1v) is 38.6. The minimum atomic E-state index is -5.70. The van der Waals surface area contributed by atoms with Crippen molar-refractivity contribution in [1.82, 2.24) is 0 Å². The van der Waals surface area contributed by atoms with Crippen LogP contribution in [0.15, 0.2) is 24.3 Å². The van der Waals surface area contributed by atoms with Crippen molar-refractivity contribution in [1.29, 1.82) is 0 Å². The Bertz CT molecular complexity index is 2090. The molecule has 11 N–H and O–H groups in total. The molecule has 96 heavy (non-hydrogen) atoms. The zero-order valence-corrected chi connectivity index (χ0v) is 59.3. The summed E-state index contributed by atoms with van der Waals surface area (Å²) in [5.74, 6) is -2.01. The molecule has 2 heterocycles. The molecule has 0 aromatic carbocycles. The van der Waals surface area contributed by atoms with Crippen LogP contribution in [0, 0.1) is 0 Å². The molecule has 2 saturated heterocycles. The smallest absolute Gasteiger partial charge is 0.463 e. The standard InChI is InChI=1S/C71H129O24P/c1-4-7-10-13-16-19-22-25-26-29-31-34-37-40-43-46-56(74)88-51-54-59(77)61(79)66(84)71(92-54)94-68-64(82)62(80)63(81)67(93-70-65(83)60(78)58(76)53(48-72)91-70)69(68)95-96(85,86)89-50-52(90-57(75)47-44-41-38-35-32-28-24-21-18-15-12-9-6-3)49-87-55(73)45-42-39-36-33-30-27-23-20-17-14-11-8-5-2/h19,22,27,30,52-54,58-72,76-84H,4-18,20-21,23-26,28-29,31-51H2,1-3H3,(H,85,86)/b22-19-,30-27-. The van der Waals surface area contributed by atoms with Gasteiger partial charge in [0.05, 0.1) is 13.2 Å².